The molecule has 6 nitrogen and oxygen atoms in total. The highest BCUT2D eigenvalue weighted by Gasteiger charge is 2.28. The second kappa shape index (κ2) is 5.44. The predicted octanol–water partition coefficient (Wildman–Crippen LogP) is 0.373. The second-order valence-electron chi connectivity index (χ2n) is 3.57. The van der Waals surface area contributed by atoms with Crippen molar-refractivity contribution in [3.63, 3.8) is 0 Å². The molecule has 1 aromatic heterocycles. The van der Waals surface area contributed by atoms with Crippen LogP contribution in [-0.2, 0) is 16.6 Å². The van der Waals surface area contributed by atoms with Gasteiger partial charge < -0.3 is 5.73 Å². The summed E-state index contributed by atoms with van der Waals surface area (Å²) in [6.45, 7) is 7.73. The van der Waals surface area contributed by atoms with Crippen LogP contribution in [0.3, 0.4) is 0 Å². The zero-order chi connectivity index (χ0) is 13.1. The summed E-state index contributed by atoms with van der Waals surface area (Å²) in [5.41, 5.74) is 6.36. The lowest BCUT2D eigenvalue weighted by molar-refractivity contribution is 0.458. The van der Waals surface area contributed by atoms with Crippen LogP contribution in [0, 0.1) is 6.92 Å². The Kier molecular flexibility index (Phi) is 4.44. The monoisotopic (exact) mass is 258 g/mol. The molecule has 0 fully saturated rings. The Morgan fingerprint density at radius 2 is 2.24 bits per heavy atom. The number of nitrogens with one attached hydrogen (secondary N) is 1. The lowest BCUT2D eigenvalue weighted by Crippen LogP contribution is -2.32. The number of aryl methyl sites for hydroxylation is 1. The van der Waals surface area contributed by atoms with Crippen molar-refractivity contribution in [2.75, 3.05) is 13.1 Å². The van der Waals surface area contributed by atoms with Gasteiger partial charge in [-0.3, -0.25) is 5.10 Å². The molecule has 3 N–H and O–H groups in total. The molecular weight excluding hydrogens is 240 g/mol. The van der Waals surface area contributed by atoms with Gasteiger partial charge in [-0.1, -0.05) is 13.0 Å². The fourth-order valence-electron chi connectivity index (χ4n) is 1.62. The van der Waals surface area contributed by atoms with Crippen molar-refractivity contribution in [3.05, 3.63) is 24.0 Å². The van der Waals surface area contributed by atoms with Crippen molar-refractivity contribution in [2.45, 2.75) is 25.3 Å². The molecule has 17 heavy (non-hydrogen) atoms. The molecule has 1 heterocycles. The number of aromatic nitrogens is 2. The molecular formula is C10H18N4O2S. The fraction of sp³-hybridized carbons (Fsp3) is 0.500. The molecule has 0 unspecified atom stereocenters. The molecule has 1 aromatic rings. The molecule has 0 aromatic carbocycles. The number of hydrogen-bond acceptors (Lipinski definition) is 4. The van der Waals surface area contributed by atoms with E-state index in [1.54, 1.807) is 19.9 Å². The summed E-state index contributed by atoms with van der Waals surface area (Å²) in [5.74, 6) is 0. The standard InChI is InChI=1S/C10H18N4O2S/c1-4-6-14(5-2)17(15,16)10-8(3)12-13-9(10)7-11/h4H,1,5-7,11H2,2-3H3,(H,12,13). The van der Waals surface area contributed by atoms with E-state index >= 15 is 0 Å². The summed E-state index contributed by atoms with van der Waals surface area (Å²) < 4.78 is 26.1. The van der Waals surface area contributed by atoms with Crippen LogP contribution in [-0.4, -0.2) is 36.0 Å². The molecule has 0 spiro atoms. The number of nitrogens with two attached hydrogens (primary N) is 1. The van der Waals surface area contributed by atoms with Crippen molar-refractivity contribution in [1.82, 2.24) is 14.5 Å². The Hall–Kier alpha value is -1.18. The van der Waals surface area contributed by atoms with Crippen LogP contribution in [0.2, 0.25) is 0 Å². The van der Waals surface area contributed by atoms with E-state index in [-0.39, 0.29) is 18.0 Å². The normalized spacial score (nSPS) is 12.0. The average Bonchev–Trinajstić information content (AvgIpc) is 2.67. The molecule has 0 saturated carbocycles. The summed E-state index contributed by atoms with van der Waals surface area (Å²) >= 11 is 0. The molecule has 0 atom stereocenters. The highest BCUT2D eigenvalue weighted by molar-refractivity contribution is 7.89. The van der Waals surface area contributed by atoms with Crippen LogP contribution in [0.4, 0.5) is 0 Å². The number of sulfonamides is 1. The van der Waals surface area contributed by atoms with Crippen LogP contribution in [0.25, 0.3) is 0 Å². The summed E-state index contributed by atoms with van der Waals surface area (Å²) in [6, 6.07) is 0. The number of nitrogens with zero attached hydrogens (tertiary/aromatic N) is 2. The lowest BCUT2D eigenvalue weighted by Gasteiger charge is -2.18. The second-order valence-corrected chi connectivity index (χ2v) is 5.45. The molecule has 1 rings (SSSR count). The topological polar surface area (TPSA) is 92.1 Å². The highest BCUT2D eigenvalue weighted by atomic mass is 32.2. The number of hydrogen-bond donors (Lipinski definition) is 2. The Morgan fingerprint density at radius 1 is 1.59 bits per heavy atom. The van der Waals surface area contributed by atoms with E-state index in [4.69, 9.17) is 5.73 Å². The molecule has 7 heteroatoms. The van der Waals surface area contributed by atoms with Gasteiger partial charge in [0.1, 0.15) is 4.90 Å². The van der Waals surface area contributed by atoms with E-state index in [2.05, 4.69) is 16.8 Å². The summed E-state index contributed by atoms with van der Waals surface area (Å²) in [5, 5.41) is 6.55. The van der Waals surface area contributed by atoms with Crippen LogP contribution in [0.15, 0.2) is 17.6 Å². The Morgan fingerprint density at radius 3 is 2.71 bits per heavy atom. The lowest BCUT2D eigenvalue weighted by atomic mass is 10.4. The van der Waals surface area contributed by atoms with Gasteiger partial charge in [0.15, 0.2) is 0 Å². The van der Waals surface area contributed by atoms with Crippen LogP contribution in [0.5, 0.6) is 0 Å². The number of likely N-dealkylation sites (N-methyl/N-ethyl adjacent to an activating group) is 1. The SMILES string of the molecule is C=CCN(CC)S(=O)(=O)c1c(CN)n[nH]c1C. The number of aromatic amines is 1. The van der Waals surface area contributed by atoms with Gasteiger partial charge in [0.25, 0.3) is 0 Å². The first-order chi connectivity index (χ1) is 7.98. The van der Waals surface area contributed by atoms with Gasteiger partial charge in [-0.25, -0.2) is 8.42 Å². The molecule has 0 radical (unpaired) electrons. The molecule has 0 aliphatic heterocycles. The first-order valence-corrected chi connectivity index (χ1v) is 6.78. The predicted molar refractivity (Wildman–Crippen MR) is 65.8 cm³/mol. The third kappa shape index (κ3) is 2.56. The Labute approximate surface area is 102 Å². The molecule has 0 saturated heterocycles. The van der Waals surface area contributed by atoms with Crippen molar-refractivity contribution in [2.24, 2.45) is 5.73 Å². The van der Waals surface area contributed by atoms with E-state index in [0.29, 0.717) is 17.9 Å². The van der Waals surface area contributed by atoms with Crippen molar-refractivity contribution >= 4 is 10.0 Å². The molecule has 96 valence electrons. The van der Waals surface area contributed by atoms with Crippen LogP contribution >= 0.6 is 0 Å². The zero-order valence-electron chi connectivity index (χ0n) is 10.1. The first-order valence-electron chi connectivity index (χ1n) is 5.34. The maximum Gasteiger partial charge on any atom is 0.247 e. The highest BCUT2D eigenvalue weighted by Crippen LogP contribution is 2.21. The van der Waals surface area contributed by atoms with E-state index in [1.165, 1.54) is 4.31 Å². The zero-order valence-corrected chi connectivity index (χ0v) is 10.9. The van der Waals surface area contributed by atoms with E-state index in [0.717, 1.165) is 0 Å². The third-order valence-corrected chi connectivity index (χ3v) is 4.58. The van der Waals surface area contributed by atoms with Crippen LogP contribution < -0.4 is 5.73 Å². The molecule has 0 bridgehead atoms. The van der Waals surface area contributed by atoms with Gasteiger partial charge >= 0.3 is 0 Å². The van der Waals surface area contributed by atoms with Gasteiger partial charge in [-0.2, -0.15) is 9.40 Å². The van der Waals surface area contributed by atoms with E-state index < -0.39 is 10.0 Å². The maximum atomic E-state index is 12.4. The van der Waals surface area contributed by atoms with E-state index in [1.807, 2.05) is 0 Å². The smallest absolute Gasteiger partial charge is 0.247 e. The quantitative estimate of drug-likeness (QED) is 0.721. The minimum Gasteiger partial charge on any atom is -0.325 e. The molecule has 0 amide bonds. The maximum absolute atomic E-state index is 12.4. The van der Waals surface area contributed by atoms with Gasteiger partial charge in [-0.05, 0) is 6.92 Å². The minimum absolute atomic E-state index is 0.0878. The van der Waals surface area contributed by atoms with Gasteiger partial charge in [-0.15, -0.1) is 6.58 Å². The third-order valence-electron chi connectivity index (χ3n) is 2.44. The largest absolute Gasteiger partial charge is 0.325 e. The summed E-state index contributed by atoms with van der Waals surface area (Å²) in [6.07, 6.45) is 1.55. The van der Waals surface area contributed by atoms with Gasteiger partial charge in [0, 0.05) is 19.6 Å². The van der Waals surface area contributed by atoms with E-state index in [9.17, 15) is 8.42 Å². The minimum atomic E-state index is -3.56. The van der Waals surface area contributed by atoms with Crippen molar-refractivity contribution in [1.29, 1.82) is 0 Å². The molecule has 0 aliphatic rings. The number of H-pyrrole nitrogens is 1. The average molecular weight is 258 g/mol. The fourth-order valence-corrected chi connectivity index (χ4v) is 3.38. The van der Waals surface area contributed by atoms with Crippen molar-refractivity contribution < 1.29 is 8.42 Å². The van der Waals surface area contributed by atoms with Gasteiger partial charge in [0.05, 0.1) is 11.4 Å². The molecule has 0 aliphatic carbocycles. The summed E-state index contributed by atoms with van der Waals surface area (Å²) in [4.78, 5) is 0.184. The van der Waals surface area contributed by atoms with Gasteiger partial charge in [0.2, 0.25) is 10.0 Å². The summed E-state index contributed by atoms with van der Waals surface area (Å²) in [7, 11) is -3.56. The Bertz CT molecular complexity index is 492. The van der Waals surface area contributed by atoms with Crippen molar-refractivity contribution in [3.8, 4) is 0 Å². The Balaban J connectivity index is 3.28. The number of rotatable bonds is 6. The first kappa shape index (κ1) is 13.9. The van der Waals surface area contributed by atoms with Crippen LogP contribution in [0.1, 0.15) is 18.3 Å².